The standard InChI is InChI=1S/C23H22N4O4S/c28-21(25-13-16-5-3-9-31-16)14-26-22(29)19(27-23(30)20-8-4-10-32-20)11-15-12-24-18-7-2-1-6-17(15)18/h1-10,12,19,24H,11,13-14H2,(H,25,28)(H,26,29)(H,27,30). The van der Waals surface area contributed by atoms with Crippen molar-refractivity contribution in [2.75, 3.05) is 6.54 Å². The number of amides is 3. The van der Waals surface area contributed by atoms with Crippen LogP contribution in [0, 0.1) is 0 Å². The lowest BCUT2D eigenvalue weighted by Gasteiger charge is -2.18. The maximum Gasteiger partial charge on any atom is 0.262 e. The monoisotopic (exact) mass is 450 g/mol. The SMILES string of the molecule is O=C(CNC(=O)C(Cc1c[nH]c2ccccc12)NC(=O)c1cccs1)NCc1ccco1. The molecule has 4 N–H and O–H groups in total. The first-order valence-corrected chi connectivity index (χ1v) is 10.9. The van der Waals surface area contributed by atoms with E-state index in [1.54, 1.807) is 29.6 Å². The number of nitrogens with one attached hydrogen (secondary N) is 4. The van der Waals surface area contributed by atoms with Crippen molar-refractivity contribution in [3.63, 3.8) is 0 Å². The summed E-state index contributed by atoms with van der Waals surface area (Å²) in [4.78, 5) is 41.3. The van der Waals surface area contributed by atoms with Crippen molar-refractivity contribution in [3.05, 3.63) is 82.6 Å². The maximum absolute atomic E-state index is 12.9. The molecule has 1 aromatic carbocycles. The highest BCUT2D eigenvalue weighted by atomic mass is 32.1. The van der Waals surface area contributed by atoms with Crippen LogP contribution in [0.15, 0.2) is 70.8 Å². The predicted octanol–water partition coefficient (Wildman–Crippen LogP) is 2.60. The summed E-state index contributed by atoms with van der Waals surface area (Å²) in [6.45, 7) is 0.0222. The van der Waals surface area contributed by atoms with Crippen molar-refractivity contribution in [3.8, 4) is 0 Å². The zero-order valence-corrected chi connectivity index (χ0v) is 17.9. The molecule has 3 amide bonds. The summed E-state index contributed by atoms with van der Waals surface area (Å²) in [7, 11) is 0. The summed E-state index contributed by atoms with van der Waals surface area (Å²) >= 11 is 1.30. The number of hydrogen-bond acceptors (Lipinski definition) is 5. The minimum absolute atomic E-state index is 0.210. The summed E-state index contributed by atoms with van der Waals surface area (Å²) in [5, 5.41) is 10.9. The van der Waals surface area contributed by atoms with E-state index in [-0.39, 0.29) is 31.3 Å². The lowest BCUT2D eigenvalue weighted by atomic mass is 10.0. The van der Waals surface area contributed by atoms with Gasteiger partial charge in [-0.3, -0.25) is 14.4 Å². The molecule has 0 aliphatic rings. The Hall–Kier alpha value is -3.85. The molecule has 32 heavy (non-hydrogen) atoms. The lowest BCUT2D eigenvalue weighted by molar-refractivity contribution is -0.127. The van der Waals surface area contributed by atoms with Crippen molar-refractivity contribution < 1.29 is 18.8 Å². The van der Waals surface area contributed by atoms with E-state index in [2.05, 4.69) is 20.9 Å². The topological polar surface area (TPSA) is 116 Å². The van der Waals surface area contributed by atoms with Gasteiger partial charge in [0.15, 0.2) is 0 Å². The Kier molecular flexibility index (Phi) is 6.66. The second-order valence-electron chi connectivity index (χ2n) is 7.14. The van der Waals surface area contributed by atoms with Crippen LogP contribution in [0.4, 0.5) is 0 Å². The first-order chi connectivity index (χ1) is 15.6. The molecule has 0 fully saturated rings. The van der Waals surface area contributed by atoms with E-state index >= 15 is 0 Å². The third-order valence-electron chi connectivity index (χ3n) is 4.93. The highest BCUT2D eigenvalue weighted by Gasteiger charge is 2.24. The number of hydrogen-bond donors (Lipinski definition) is 4. The number of carbonyl (C=O) groups is 3. The summed E-state index contributed by atoms with van der Waals surface area (Å²) in [6.07, 6.45) is 3.63. The third-order valence-corrected chi connectivity index (χ3v) is 5.80. The minimum Gasteiger partial charge on any atom is -0.467 e. The molecule has 0 aliphatic heterocycles. The van der Waals surface area contributed by atoms with Crippen LogP contribution in [0.25, 0.3) is 10.9 Å². The number of H-pyrrole nitrogens is 1. The van der Waals surface area contributed by atoms with Crippen LogP contribution in [0.2, 0.25) is 0 Å². The Morgan fingerprint density at radius 3 is 2.69 bits per heavy atom. The number of benzene rings is 1. The molecule has 0 radical (unpaired) electrons. The van der Waals surface area contributed by atoms with Crippen molar-refractivity contribution in [2.45, 2.75) is 19.0 Å². The van der Waals surface area contributed by atoms with E-state index in [1.807, 2.05) is 30.5 Å². The summed E-state index contributed by atoms with van der Waals surface area (Å²) < 4.78 is 5.17. The summed E-state index contributed by atoms with van der Waals surface area (Å²) in [5.41, 5.74) is 1.85. The smallest absolute Gasteiger partial charge is 0.262 e. The molecule has 0 bridgehead atoms. The average Bonchev–Trinajstić information content (AvgIpc) is 3.58. The van der Waals surface area contributed by atoms with Gasteiger partial charge in [-0.15, -0.1) is 11.3 Å². The fraction of sp³-hybridized carbons (Fsp3) is 0.174. The van der Waals surface area contributed by atoms with Crippen LogP contribution < -0.4 is 16.0 Å². The molecule has 3 heterocycles. The molecule has 4 rings (SSSR count). The Morgan fingerprint density at radius 2 is 1.91 bits per heavy atom. The van der Waals surface area contributed by atoms with Crippen molar-refractivity contribution in [2.24, 2.45) is 0 Å². The number of aromatic nitrogens is 1. The van der Waals surface area contributed by atoms with E-state index in [0.717, 1.165) is 16.5 Å². The number of aromatic amines is 1. The molecule has 1 unspecified atom stereocenters. The van der Waals surface area contributed by atoms with Crippen LogP contribution >= 0.6 is 11.3 Å². The minimum atomic E-state index is -0.846. The Morgan fingerprint density at radius 1 is 1.03 bits per heavy atom. The fourth-order valence-corrected chi connectivity index (χ4v) is 3.95. The van der Waals surface area contributed by atoms with E-state index < -0.39 is 11.9 Å². The Labute approximate surface area is 188 Å². The zero-order valence-electron chi connectivity index (χ0n) is 17.1. The fourth-order valence-electron chi connectivity index (χ4n) is 3.32. The number of thiophene rings is 1. The lowest BCUT2D eigenvalue weighted by Crippen LogP contribution is -2.49. The van der Waals surface area contributed by atoms with E-state index in [9.17, 15) is 14.4 Å². The molecule has 0 saturated heterocycles. The van der Waals surface area contributed by atoms with Gasteiger partial charge in [-0.05, 0) is 35.2 Å². The summed E-state index contributed by atoms with van der Waals surface area (Å²) in [6, 6.07) is 13.9. The summed E-state index contributed by atoms with van der Waals surface area (Å²) in [5.74, 6) is -0.508. The van der Waals surface area contributed by atoms with Gasteiger partial charge >= 0.3 is 0 Å². The van der Waals surface area contributed by atoms with Crippen molar-refractivity contribution >= 4 is 40.0 Å². The van der Waals surface area contributed by atoms with Crippen LogP contribution in [0.3, 0.4) is 0 Å². The quantitative estimate of drug-likeness (QED) is 0.314. The van der Waals surface area contributed by atoms with Crippen LogP contribution in [0.1, 0.15) is 21.0 Å². The van der Waals surface area contributed by atoms with Crippen LogP contribution in [-0.2, 0) is 22.6 Å². The molecule has 3 aromatic heterocycles. The number of para-hydroxylation sites is 1. The predicted molar refractivity (Wildman–Crippen MR) is 121 cm³/mol. The van der Waals surface area contributed by atoms with Crippen LogP contribution in [-0.4, -0.2) is 35.3 Å². The van der Waals surface area contributed by atoms with Crippen molar-refractivity contribution in [1.29, 1.82) is 0 Å². The molecule has 9 heteroatoms. The molecular weight excluding hydrogens is 428 g/mol. The van der Waals surface area contributed by atoms with Gasteiger partial charge in [-0.2, -0.15) is 0 Å². The number of furan rings is 1. The molecule has 4 aromatic rings. The second kappa shape index (κ2) is 9.97. The van der Waals surface area contributed by atoms with E-state index in [1.165, 1.54) is 17.6 Å². The van der Waals surface area contributed by atoms with Gasteiger partial charge in [0.25, 0.3) is 5.91 Å². The molecule has 1 atom stereocenters. The van der Waals surface area contributed by atoms with Gasteiger partial charge in [0.2, 0.25) is 11.8 Å². The van der Waals surface area contributed by atoms with Gasteiger partial charge in [0, 0.05) is 23.5 Å². The number of fused-ring (bicyclic) bond motifs is 1. The molecule has 8 nitrogen and oxygen atoms in total. The largest absolute Gasteiger partial charge is 0.467 e. The Bertz CT molecular complexity index is 1200. The van der Waals surface area contributed by atoms with Gasteiger partial charge < -0.3 is 25.4 Å². The molecule has 0 saturated carbocycles. The average molecular weight is 451 g/mol. The Balaban J connectivity index is 1.42. The van der Waals surface area contributed by atoms with Gasteiger partial charge in [-0.1, -0.05) is 24.3 Å². The molecule has 164 valence electrons. The number of rotatable bonds is 9. The first kappa shape index (κ1) is 21.4. The molecular formula is C23H22N4O4S. The van der Waals surface area contributed by atoms with Crippen LogP contribution in [0.5, 0.6) is 0 Å². The second-order valence-corrected chi connectivity index (χ2v) is 8.09. The van der Waals surface area contributed by atoms with Gasteiger partial charge in [0.05, 0.1) is 24.2 Å². The van der Waals surface area contributed by atoms with Gasteiger partial charge in [0.1, 0.15) is 11.8 Å². The molecule has 0 aliphatic carbocycles. The zero-order chi connectivity index (χ0) is 22.3. The normalized spacial score (nSPS) is 11.8. The first-order valence-electron chi connectivity index (χ1n) is 10.1. The molecule has 0 spiro atoms. The maximum atomic E-state index is 12.9. The van der Waals surface area contributed by atoms with E-state index in [4.69, 9.17) is 4.42 Å². The van der Waals surface area contributed by atoms with Gasteiger partial charge in [-0.25, -0.2) is 0 Å². The van der Waals surface area contributed by atoms with Crippen molar-refractivity contribution in [1.82, 2.24) is 20.9 Å². The number of carbonyl (C=O) groups excluding carboxylic acids is 3. The highest BCUT2D eigenvalue weighted by Crippen LogP contribution is 2.19. The third kappa shape index (κ3) is 5.25. The highest BCUT2D eigenvalue weighted by molar-refractivity contribution is 7.12. The van der Waals surface area contributed by atoms with E-state index in [0.29, 0.717) is 10.6 Å².